The summed E-state index contributed by atoms with van der Waals surface area (Å²) >= 11 is 0. The Labute approximate surface area is 285 Å². The van der Waals surface area contributed by atoms with Crippen molar-refractivity contribution in [3.05, 3.63) is 187 Å². The predicted molar refractivity (Wildman–Crippen MR) is 198 cm³/mol. The lowest BCUT2D eigenvalue weighted by molar-refractivity contribution is 0.271. The molecule has 49 heavy (non-hydrogen) atoms. The molecule has 2 aliphatic rings. The van der Waals surface area contributed by atoms with Crippen molar-refractivity contribution in [1.29, 1.82) is 0 Å². The van der Waals surface area contributed by atoms with Gasteiger partial charge in [-0.3, -0.25) is 0 Å². The van der Waals surface area contributed by atoms with Gasteiger partial charge in [-0.05, 0) is 45.5 Å². The number of hydrogen-bond acceptors (Lipinski definition) is 4. The number of nitrogens with zero attached hydrogens (tertiary/aromatic N) is 3. The highest BCUT2D eigenvalue weighted by atomic mass is 16.5. The number of hydrogen-bond donors (Lipinski definition) is 0. The van der Waals surface area contributed by atoms with Crippen LogP contribution in [0.25, 0.3) is 61.7 Å². The van der Waals surface area contributed by atoms with Crippen LogP contribution in [0.5, 0.6) is 5.75 Å². The Hall–Kier alpha value is -6.39. The molecule has 0 radical (unpaired) electrons. The summed E-state index contributed by atoms with van der Waals surface area (Å²) < 4.78 is 6.60. The van der Waals surface area contributed by atoms with Crippen molar-refractivity contribution in [1.82, 2.24) is 15.0 Å². The van der Waals surface area contributed by atoms with Crippen molar-refractivity contribution in [3.63, 3.8) is 0 Å². The first kappa shape index (κ1) is 28.8. The largest absolute Gasteiger partial charge is 0.485 e. The van der Waals surface area contributed by atoms with Crippen LogP contribution >= 0.6 is 0 Å². The van der Waals surface area contributed by atoms with E-state index in [2.05, 4.69) is 133 Å². The molecule has 0 spiro atoms. The molecule has 4 heteroatoms. The van der Waals surface area contributed by atoms with E-state index in [1.54, 1.807) is 0 Å². The summed E-state index contributed by atoms with van der Waals surface area (Å²) in [6.45, 7) is 0. The Balaban J connectivity index is 1.07. The van der Waals surface area contributed by atoms with Gasteiger partial charge in [0.1, 0.15) is 11.9 Å². The average Bonchev–Trinajstić information content (AvgIpc) is 3.57. The highest BCUT2D eigenvalue weighted by molar-refractivity contribution is 5.79. The molecule has 6 aromatic carbocycles. The lowest BCUT2D eigenvalue weighted by atomic mass is 9.83. The minimum Gasteiger partial charge on any atom is -0.485 e. The van der Waals surface area contributed by atoms with E-state index in [9.17, 15) is 0 Å². The van der Waals surface area contributed by atoms with E-state index in [4.69, 9.17) is 19.7 Å². The third-order valence-corrected chi connectivity index (χ3v) is 9.35. The van der Waals surface area contributed by atoms with Crippen LogP contribution in [0.3, 0.4) is 0 Å². The molecule has 1 aliphatic carbocycles. The molecule has 1 aliphatic heterocycles. The van der Waals surface area contributed by atoms with E-state index in [1.165, 1.54) is 16.7 Å². The number of ether oxygens (including phenoxy) is 1. The second-order valence-corrected chi connectivity index (χ2v) is 12.4. The van der Waals surface area contributed by atoms with Gasteiger partial charge in [0.15, 0.2) is 17.5 Å². The zero-order valence-corrected chi connectivity index (χ0v) is 26.6. The van der Waals surface area contributed by atoms with E-state index in [0.29, 0.717) is 17.5 Å². The molecule has 2 unspecified atom stereocenters. The second-order valence-electron chi connectivity index (χ2n) is 12.4. The maximum absolute atomic E-state index is 6.60. The summed E-state index contributed by atoms with van der Waals surface area (Å²) in [6, 6.07) is 54.7. The minimum absolute atomic E-state index is 0.0335. The Morgan fingerprint density at radius 3 is 1.41 bits per heavy atom. The fourth-order valence-corrected chi connectivity index (χ4v) is 6.82. The van der Waals surface area contributed by atoms with Crippen LogP contribution in [0.15, 0.2) is 176 Å². The predicted octanol–water partition coefficient (Wildman–Crippen LogP) is 10.7. The fraction of sp³-hybridized carbons (Fsp3) is 0.0444. The summed E-state index contributed by atoms with van der Waals surface area (Å²) in [7, 11) is 0. The normalized spacial score (nSPS) is 16.0. The minimum atomic E-state index is -0.142. The van der Waals surface area contributed by atoms with Crippen LogP contribution in [0, 0.1) is 0 Å². The number of allylic oxidation sites excluding steroid dienone is 2. The third-order valence-electron chi connectivity index (χ3n) is 9.35. The van der Waals surface area contributed by atoms with Crippen molar-refractivity contribution in [2.75, 3.05) is 0 Å². The highest BCUT2D eigenvalue weighted by Crippen LogP contribution is 2.48. The maximum atomic E-state index is 6.60. The van der Waals surface area contributed by atoms with E-state index in [1.807, 2.05) is 42.5 Å². The van der Waals surface area contributed by atoms with E-state index < -0.39 is 0 Å². The fourth-order valence-electron chi connectivity index (χ4n) is 6.82. The molecule has 0 fully saturated rings. The molecule has 9 rings (SSSR count). The van der Waals surface area contributed by atoms with Crippen LogP contribution in [0.4, 0.5) is 0 Å². The van der Waals surface area contributed by atoms with Gasteiger partial charge in [0, 0.05) is 22.3 Å². The Bertz CT molecular complexity index is 2330. The summed E-state index contributed by atoms with van der Waals surface area (Å²) in [5.41, 5.74) is 11.1. The molecule has 0 saturated carbocycles. The second kappa shape index (κ2) is 12.3. The summed E-state index contributed by atoms with van der Waals surface area (Å²) in [4.78, 5) is 15.1. The molecule has 0 N–H and O–H groups in total. The first-order valence-electron chi connectivity index (χ1n) is 16.6. The number of rotatable bonds is 6. The molecule has 232 valence electrons. The summed E-state index contributed by atoms with van der Waals surface area (Å²) in [5.74, 6) is 2.81. The van der Waals surface area contributed by atoms with Crippen LogP contribution in [0.2, 0.25) is 0 Å². The summed E-state index contributed by atoms with van der Waals surface area (Å²) in [5, 5.41) is 0. The van der Waals surface area contributed by atoms with Crippen molar-refractivity contribution >= 4 is 5.57 Å². The topological polar surface area (TPSA) is 47.9 Å². The van der Waals surface area contributed by atoms with Crippen LogP contribution in [0.1, 0.15) is 17.3 Å². The summed E-state index contributed by atoms with van der Waals surface area (Å²) in [6.07, 6.45) is 6.18. The van der Waals surface area contributed by atoms with Gasteiger partial charge in [-0.2, -0.15) is 0 Å². The van der Waals surface area contributed by atoms with Crippen molar-refractivity contribution < 1.29 is 4.74 Å². The maximum Gasteiger partial charge on any atom is 0.164 e. The standard InChI is InChI=1S/C45H31N3O/c1-4-11-30(12-5-1)32-19-21-34(22-20-32)37-27-28-38-41(29-37)49-40-18-10-17-39(42(38)40)45-47-43(35-15-8-3-9-16-35)46-44(48-45)36-25-23-33(24-26-36)31-13-6-2-7-14-31/h1-29,40,42H. The molecule has 0 saturated heterocycles. The number of fused-ring (bicyclic) bond motifs is 3. The van der Waals surface area contributed by atoms with Crippen molar-refractivity contribution in [2.45, 2.75) is 12.0 Å². The lowest BCUT2D eigenvalue weighted by Gasteiger charge is -2.22. The molecule has 0 bridgehead atoms. The van der Waals surface area contributed by atoms with Gasteiger partial charge in [-0.25, -0.2) is 15.0 Å². The molecule has 7 aromatic rings. The zero-order chi connectivity index (χ0) is 32.6. The number of benzene rings is 6. The van der Waals surface area contributed by atoms with Gasteiger partial charge in [0.2, 0.25) is 0 Å². The zero-order valence-electron chi connectivity index (χ0n) is 26.6. The number of aromatic nitrogens is 3. The molecule has 1 aromatic heterocycles. The van der Waals surface area contributed by atoms with Gasteiger partial charge < -0.3 is 4.74 Å². The van der Waals surface area contributed by atoms with Crippen molar-refractivity contribution in [2.24, 2.45) is 0 Å². The van der Waals surface area contributed by atoms with Gasteiger partial charge in [0.05, 0.1) is 5.92 Å². The van der Waals surface area contributed by atoms with Crippen LogP contribution in [-0.2, 0) is 0 Å². The molecule has 2 heterocycles. The van der Waals surface area contributed by atoms with Crippen LogP contribution < -0.4 is 4.74 Å². The Kier molecular flexibility index (Phi) is 7.25. The SMILES string of the molecule is C1=CC2Oc3cc(-c4ccc(-c5ccccc5)cc4)ccc3C2C(c2nc(-c3ccccc3)nc(-c3ccc(-c4ccccc4)cc3)n2)=C1. The molecular weight excluding hydrogens is 599 g/mol. The lowest BCUT2D eigenvalue weighted by Crippen LogP contribution is -2.20. The first-order chi connectivity index (χ1) is 24.3. The Morgan fingerprint density at radius 2 is 0.837 bits per heavy atom. The monoisotopic (exact) mass is 629 g/mol. The quantitative estimate of drug-likeness (QED) is 0.184. The molecule has 2 atom stereocenters. The van der Waals surface area contributed by atoms with Gasteiger partial charge in [-0.15, -0.1) is 0 Å². The van der Waals surface area contributed by atoms with Gasteiger partial charge >= 0.3 is 0 Å². The van der Waals surface area contributed by atoms with E-state index >= 15 is 0 Å². The highest BCUT2D eigenvalue weighted by Gasteiger charge is 2.38. The smallest absolute Gasteiger partial charge is 0.164 e. The average molecular weight is 630 g/mol. The Morgan fingerprint density at radius 1 is 0.408 bits per heavy atom. The van der Waals surface area contributed by atoms with E-state index in [0.717, 1.165) is 44.7 Å². The van der Waals surface area contributed by atoms with Gasteiger partial charge in [0.25, 0.3) is 0 Å². The third kappa shape index (κ3) is 5.53. The van der Waals surface area contributed by atoms with Gasteiger partial charge in [-0.1, -0.05) is 164 Å². The molecule has 4 nitrogen and oxygen atoms in total. The van der Waals surface area contributed by atoms with Crippen LogP contribution in [-0.4, -0.2) is 21.1 Å². The van der Waals surface area contributed by atoms with Crippen molar-refractivity contribution in [3.8, 4) is 61.9 Å². The van der Waals surface area contributed by atoms with E-state index in [-0.39, 0.29) is 12.0 Å². The molecular formula is C45H31N3O. The first-order valence-corrected chi connectivity index (χ1v) is 16.6. The molecule has 0 amide bonds.